The number of hydrogen-bond acceptors (Lipinski definition) is 4. The Hall–Kier alpha value is -3.54. The Bertz CT molecular complexity index is 1280. The Morgan fingerprint density at radius 2 is 1.60 bits per heavy atom. The Morgan fingerprint density at radius 1 is 0.933 bits per heavy atom. The van der Waals surface area contributed by atoms with E-state index in [9.17, 15) is 9.18 Å². The van der Waals surface area contributed by atoms with E-state index in [1.807, 2.05) is 19.9 Å². The van der Waals surface area contributed by atoms with Gasteiger partial charge in [0.15, 0.2) is 17.3 Å². The maximum absolute atomic E-state index is 13.9. The number of aryl methyl sites for hydroxylation is 2. The highest BCUT2D eigenvalue weighted by Gasteiger charge is 2.22. The number of carbonyl (C=O) groups is 1. The molecule has 5 nitrogen and oxygen atoms in total. The minimum atomic E-state index is -0.318. The summed E-state index contributed by atoms with van der Waals surface area (Å²) in [5.41, 5.74) is 4.37. The number of aromatic nitrogens is 1. The van der Waals surface area contributed by atoms with Gasteiger partial charge in [-0.2, -0.15) is 0 Å². The molecule has 3 aromatic carbocycles. The number of methoxy groups -OCH3 is 3. The van der Waals surface area contributed by atoms with Crippen molar-refractivity contribution in [1.82, 2.24) is 4.98 Å². The third-order valence-electron chi connectivity index (χ3n) is 5.47. The third kappa shape index (κ3) is 2.96. The lowest BCUT2D eigenvalue weighted by atomic mass is 9.93. The molecule has 4 rings (SSSR count). The Balaban J connectivity index is 1.96. The summed E-state index contributed by atoms with van der Waals surface area (Å²) in [6.45, 7) is 3.81. The number of halogens is 1. The number of aromatic amines is 1. The lowest BCUT2D eigenvalue weighted by Gasteiger charge is -2.15. The molecular weight excluding hydrogens is 385 g/mol. The minimum Gasteiger partial charge on any atom is -0.493 e. The van der Waals surface area contributed by atoms with Crippen LogP contribution in [0.4, 0.5) is 4.39 Å². The molecule has 0 radical (unpaired) electrons. The van der Waals surface area contributed by atoms with E-state index in [1.165, 1.54) is 33.5 Å². The van der Waals surface area contributed by atoms with Gasteiger partial charge in [-0.15, -0.1) is 0 Å². The number of H-pyrrole nitrogens is 1. The van der Waals surface area contributed by atoms with Crippen molar-refractivity contribution < 1.29 is 23.4 Å². The molecule has 0 aliphatic carbocycles. The lowest BCUT2D eigenvalue weighted by molar-refractivity contribution is 0.103. The van der Waals surface area contributed by atoms with E-state index >= 15 is 0 Å². The van der Waals surface area contributed by atoms with Gasteiger partial charge in [0.1, 0.15) is 5.82 Å². The molecule has 0 aliphatic rings. The molecular formula is C24H22FNO4. The molecule has 1 heterocycles. The van der Waals surface area contributed by atoms with Crippen molar-refractivity contribution in [3.05, 3.63) is 64.5 Å². The predicted octanol–water partition coefficient (Wildman–Crippen LogP) is 5.33. The molecule has 0 unspecified atom stereocenters. The van der Waals surface area contributed by atoms with Crippen LogP contribution in [0.2, 0.25) is 0 Å². The maximum atomic E-state index is 13.9. The van der Waals surface area contributed by atoms with Crippen LogP contribution in [0.3, 0.4) is 0 Å². The Kier molecular flexibility index (Phi) is 4.86. The second-order valence-electron chi connectivity index (χ2n) is 7.17. The number of nitrogens with one attached hydrogen (secondary N) is 1. The molecule has 0 fully saturated rings. The van der Waals surface area contributed by atoms with Crippen LogP contribution in [0, 0.1) is 19.7 Å². The summed E-state index contributed by atoms with van der Waals surface area (Å²) in [6, 6.07) is 9.76. The summed E-state index contributed by atoms with van der Waals surface area (Å²) >= 11 is 0. The average Bonchev–Trinajstić information content (AvgIpc) is 3.14. The van der Waals surface area contributed by atoms with Crippen molar-refractivity contribution in [2.45, 2.75) is 13.8 Å². The van der Waals surface area contributed by atoms with E-state index < -0.39 is 0 Å². The molecule has 0 spiro atoms. The lowest BCUT2D eigenvalue weighted by Crippen LogP contribution is -2.07. The van der Waals surface area contributed by atoms with Crippen LogP contribution in [0.5, 0.6) is 17.2 Å². The topological polar surface area (TPSA) is 60.6 Å². The highest BCUT2D eigenvalue weighted by Crippen LogP contribution is 2.40. The summed E-state index contributed by atoms with van der Waals surface area (Å²) in [5, 5.41) is 1.60. The van der Waals surface area contributed by atoms with Crippen molar-refractivity contribution in [1.29, 1.82) is 0 Å². The van der Waals surface area contributed by atoms with Crippen LogP contribution >= 0.6 is 0 Å². The van der Waals surface area contributed by atoms with Crippen molar-refractivity contribution in [3.63, 3.8) is 0 Å². The Labute approximate surface area is 173 Å². The number of hydrogen-bond donors (Lipinski definition) is 1. The molecule has 0 amide bonds. The van der Waals surface area contributed by atoms with Crippen LogP contribution in [0.25, 0.3) is 21.8 Å². The number of carbonyl (C=O) groups excluding carboxylic acids is 1. The molecule has 0 saturated heterocycles. The van der Waals surface area contributed by atoms with Crippen molar-refractivity contribution in [3.8, 4) is 17.2 Å². The molecule has 30 heavy (non-hydrogen) atoms. The Morgan fingerprint density at radius 3 is 2.20 bits per heavy atom. The van der Waals surface area contributed by atoms with Crippen molar-refractivity contribution in [2.75, 3.05) is 21.3 Å². The predicted molar refractivity (Wildman–Crippen MR) is 115 cm³/mol. The van der Waals surface area contributed by atoms with Gasteiger partial charge >= 0.3 is 0 Å². The fourth-order valence-electron chi connectivity index (χ4n) is 3.98. The molecule has 0 atom stereocenters. The fourth-order valence-corrected chi connectivity index (χ4v) is 3.98. The van der Waals surface area contributed by atoms with Crippen LogP contribution in [0.1, 0.15) is 27.0 Å². The first-order chi connectivity index (χ1) is 14.4. The summed E-state index contributed by atoms with van der Waals surface area (Å²) in [7, 11) is 4.53. The third-order valence-corrected chi connectivity index (χ3v) is 5.47. The van der Waals surface area contributed by atoms with E-state index in [-0.39, 0.29) is 11.6 Å². The molecule has 4 aromatic rings. The first-order valence-electron chi connectivity index (χ1n) is 9.45. The van der Waals surface area contributed by atoms with Gasteiger partial charge in [-0.1, -0.05) is 0 Å². The van der Waals surface area contributed by atoms with Gasteiger partial charge in [0.2, 0.25) is 5.75 Å². The first-order valence-corrected chi connectivity index (χ1v) is 9.45. The number of ether oxygens (including phenoxy) is 3. The van der Waals surface area contributed by atoms with E-state index in [1.54, 1.807) is 18.2 Å². The van der Waals surface area contributed by atoms with E-state index in [2.05, 4.69) is 4.98 Å². The molecule has 1 aromatic heterocycles. The molecule has 0 bridgehead atoms. The highest BCUT2D eigenvalue weighted by atomic mass is 19.1. The zero-order valence-corrected chi connectivity index (χ0v) is 17.5. The monoisotopic (exact) mass is 407 g/mol. The normalized spacial score (nSPS) is 11.1. The average molecular weight is 407 g/mol. The second kappa shape index (κ2) is 7.37. The van der Waals surface area contributed by atoms with Crippen molar-refractivity contribution >= 4 is 27.6 Å². The summed E-state index contributed by atoms with van der Waals surface area (Å²) < 4.78 is 30.0. The number of rotatable bonds is 5. The van der Waals surface area contributed by atoms with Gasteiger partial charge in [-0.05, 0) is 61.4 Å². The zero-order chi connectivity index (χ0) is 21.6. The fraction of sp³-hybridized carbons (Fsp3) is 0.208. The standard InChI is InChI=1S/C24H22FNO4/c1-12-8-16(13(2)21-17-11-15(25)6-7-18(17)26-22(12)21)23(27)14-9-19(28-3)24(30-5)20(10-14)29-4/h6-11,26H,1-5H3. The number of ketones is 1. The number of fused-ring (bicyclic) bond motifs is 3. The summed E-state index contributed by atoms with van der Waals surface area (Å²) in [6.07, 6.45) is 0. The number of benzene rings is 3. The van der Waals surface area contributed by atoms with Gasteiger partial charge in [0.05, 0.1) is 21.3 Å². The quantitative estimate of drug-likeness (QED) is 0.454. The van der Waals surface area contributed by atoms with Gasteiger partial charge < -0.3 is 19.2 Å². The molecule has 1 N–H and O–H groups in total. The van der Waals surface area contributed by atoms with E-state index in [0.717, 1.165) is 32.9 Å². The van der Waals surface area contributed by atoms with Crippen LogP contribution in [-0.4, -0.2) is 32.1 Å². The molecule has 6 heteroatoms. The molecule has 0 saturated carbocycles. The minimum absolute atomic E-state index is 0.178. The molecule has 0 aliphatic heterocycles. The largest absolute Gasteiger partial charge is 0.493 e. The smallest absolute Gasteiger partial charge is 0.203 e. The summed E-state index contributed by atoms with van der Waals surface area (Å²) in [5.74, 6) is 0.742. The van der Waals surface area contributed by atoms with Crippen LogP contribution < -0.4 is 14.2 Å². The highest BCUT2D eigenvalue weighted by molar-refractivity contribution is 6.17. The second-order valence-corrected chi connectivity index (χ2v) is 7.17. The van der Waals surface area contributed by atoms with Gasteiger partial charge in [0.25, 0.3) is 0 Å². The zero-order valence-electron chi connectivity index (χ0n) is 17.5. The van der Waals surface area contributed by atoms with Crippen LogP contribution in [0.15, 0.2) is 36.4 Å². The SMILES string of the molecule is COc1cc(C(=O)c2cc(C)c3[nH]c4ccc(F)cc4c3c2C)cc(OC)c1OC. The van der Waals surface area contributed by atoms with Gasteiger partial charge in [0, 0.05) is 32.9 Å². The summed E-state index contributed by atoms with van der Waals surface area (Å²) in [4.78, 5) is 16.8. The van der Waals surface area contributed by atoms with Crippen LogP contribution in [-0.2, 0) is 0 Å². The maximum Gasteiger partial charge on any atom is 0.203 e. The van der Waals surface area contributed by atoms with Gasteiger partial charge in [-0.25, -0.2) is 4.39 Å². The van der Waals surface area contributed by atoms with E-state index in [0.29, 0.717) is 28.4 Å². The van der Waals surface area contributed by atoms with Crippen molar-refractivity contribution in [2.24, 2.45) is 0 Å². The first kappa shape index (κ1) is 19.8. The molecule has 154 valence electrons. The van der Waals surface area contributed by atoms with E-state index in [4.69, 9.17) is 14.2 Å². The van der Waals surface area contributed by atoms with Gasteiger partial charge in [-0.3, -0.25) is 4.79 Å².